The smallest absolute Gasteiger partial charge is 0.270 e. The first-order chi connectivity index (χ1) is 15.1. The third kappa shape index (κ3) is 5.08. The number of benzene rings is 2. The molecule has 31 heavy (non-hydrogen) atoms. The Morgan fingerprint density at radius 3 is 2.58 bits per heavy atom. The van der Waals surface area contributed by atoms with E-state index in [2.05, 4.69) is 21.3 Å². The largest absolute Gasteiger partial charge is 0.351 e. The molecular weight excluding hydrogens is 410 g/mol. The monoisotopic (exact) mass is 433 g/mol. The summed E-state index contributed by atoms with van der Waals surface area (Å²) in [5, 5.41) is 12.8. The lowest BCUT2D eigenvalue weighted by Crippen LogP contribution is -2.50. The van der Waals surface area contributed by atoms with E-state index in [1.807, 2.05) is 59.5 Å². The summed E-state index contributed by atoms with van der Waals surface area (Å²) in [5.41, 5.74) is 2.27. The van der Waals surface area contributed by atoms with Crippen molar-refractivity contribution in [1.82, 2.24) is 14.8 Å². The van der Waals surface area contributed by atoms with Crippen molar-refractivity contribution in [2.24, 2.45) is 0 Å². The van der Waals surface area contributed by atoms with Gasteiger partial charge >= 0.3 is 0 Å². The first-order valence-electron chi connectivity index (χ1n) is 10.1. The number of aromatic amines is 1. The van der Waals surface area contributed by atoms with Gasteiger partial charge in [0, 0.05) is 42.0 Å². The summed E-state index contributed by atoms with van der Waals surface area (Å²) in [5.74, 6) is 0.225. The van der Waals surface area contributed by atoms with E-state index in [1.165, 1.54) is 11.8 Å². The normalized spacial score (nSPS) is 14.4. The van der Waals surface area contributed by atoms with Gasteiger partial charge in [-0.15, -0.1) is 11.8 Å². The zero-order valence-corrected chi connectivity index (χ0v) is 17.8. The number of nitrogens with zero attached hydrogens (tertiary/aromatic N) is 3. The summed E-state index contributed by atoms with van der Waals surface area (Å²) in [4.78, 5) is 33.3. The van der Waals surface area contributed by atoms with Crippen molar-refractivity contribution in [3.63, 3.8) is 0 Å². The molecule has 4 rings (SSSR count). The zero-order valence-electron chi connectivity index (χ0n) is 17.0. The van der Waals surface area contributed by atoms with Crippen LogP contribution < -0.4 is 5.32 Å². The predicted molar refractivity (Wildman–Crippen MR) is 122 cm³/mol. The summed E-state index contributed by atoms with van der Waals surface area (Å²) in [6, 6.07) is 19.3. The Bertz CT molecular complexity index is 1100. The lowest BCUT2D eigenvalue weighted by Gasteiger charge is -2.34. The highest BCUT2D eigenvalue weighted by atomic mass is 32.2. The minimum atomic E-state index is -0.0969. The molecule has 2 amide bonds. The molecule has 1 fully saturated rings. The second-order valence-corrected chi connectivity index (χ2v) is 8.35. The van der Waals surface area contributed by atoms with Crippen LogP contribution in [0.25, 0.3) is 10.9 Å². The van der Waals surface area contributed by atoms with E-state index in [1.54, 1.807) is 0 Å². The molecule has 0 spiro atoms. The van der Waals surface area contributed by atoms with Gasteiger partial charge < -0.3 is 15.2 Å². The van der Waals surface area contributed by atoms with Crippen molar-refractivity contribution in [1.29, 1.82) is 5.26 Å². The minimum absolute atomic E-state index is 0.0104. The maximum Gasteiger partial charge on any atom is 0.270 e. The van der Waals surface area contributed by atoms with Crippen LogP contribution in [-0.2, 0) is 4.79 Å². The van der Waals surface area contributed by atoms with Crippen LogP contribution in [0.1, 0.15) is 10.5 Å². The summed E-state index contributed by atoms with van der Waals surface area (Å²) in [6.07, 6.45) is 0. The third-order valence-electron chi connectivity index (χ3n) is 5.24. The van der Waals surface area contributed by atoms with Crippen LogP contribution in [0.3, 0.4) is 0 Å². The fourth-order valence-corrected chi connectivity index (χ4v) is 4.34. The van der Waals surface area contributed by atoms with E-state index in [-0.39, 0.29) is 18.4 Å². The minimum Gasteiger partial charge on any atom is -0.351 e. The van der Waals surface area contributed by atoms with E-state index in [0.29, 0.717) is 37.6 Å². The number of nitriles is 1. The summed E-state index contributed by atoms with van der Waals surface area (Å²) >= 11 is 1.40. The molecule has 1 aliphatic heterocycles. The number of rotatable bonds is 6. The highest BCUT2D eigenvalue weighted by Gasteiger charge is 2.24. The maximum atomic E-state index is 12.8. The second-order valence-electron chi connectivity index (χ2n) is 7.33. The van der Waals surface area contributed by atoms with Gasteiger partial charge in [-0.25, -0.2) is 0 Å². The summed E-state index contributed by atoms with van der Waals surface area (Å²) in [7, 11) is 0. The maximum absolute atomic E-state index is 12.8. The van der Waals surface area contributed by atoms with Crippen LogP contribution in [0.2, 0.25) is 0 Å². The molecular formula is C23H23N5O2S. The molecule has 2 aromatic carbocycles. The number of para-hydroxylation sites is 2. The number of hydrogen-bond acceptors (Lipinski definition) is 5. The number of aromatic nitrogens is 1. The number of thioether (sulfide) groups is 1. The predicted octanol–water partition coefficient (Wildman–Crippen LogP) is 3.18. The van der Waals surface area contributed by atoms with Crippen LogP contribution in [0.5, 0.6) is 0 Å². The number of carbonyl (C=O) groups is 2. The standard InChI is InChI=1S/C23H23N5O2S/c24-9-14-31-21-8-4-3-7-19(21)26-22(29)16-27-10-12-28(13-11-27)23(30)20-15-17-5-1-2-6-18(17)25-20/h1-8,15,25H,10-14,16H2,(H,26,29). The molecule has 7 nitrogen and oxygen atoms in total. The van der Waals surface area contributed by atoms with Crippen molar-refractivity contribution >= 4 is 40.2 Å². The molecule has 1 aliphatic rings. The Labute approximate surface area is 185 Å². The second kappa shape index (κ2) is 9.69. The number of H-pyrrole nitrogens is 1. The molecule has 0 bridgehead atoms. The summed E-state index contributed by atoms with van der Waals surface area (Å²) < 4.78 is 0. The van der Waals surface area contributed by atoms with Gasteiger partial charge in [0.05, 0.1) is 24.1 Å². The number of piperazine rings is 1. The van der Waals surface area contributed by atoms with Crippen LogP contribution >= 0.6 is 11.8 Å². The Balaban J connectivity index is 1.29. The molecule has 158 valence electrons. The van der Waals surface area contributed by atoms with Gasteiger partial charge in [-0.1, -0.05) is 30.3 Å². The lowest BCUT2D eigenvalue weighted by molar-refractivity contribution is -0.117. The van der Waals surface area contributed by atoms with Crippen molar-refractivity contribution in [2.45, 2.75) is 4.90 Å². The first kappa shape index (κ1) is 21.0. The Kier molecular flexibility index (Phi) is 6.55. The third-order valence-corrected chi connectivity index (χ3v) is 6.18. The molecule has 1 saturated heterocycles. The van der Waals surface area contributed by atoms with Gasteiger partial charge in [0.1, 0.15) is 5.69 Å². The number of amides is 2. The Morgan fingerprint density at radius 2 is 1.81 bits per heavy atom. The van der Waals surface area contributed by atoms with Crippen LogP contribution in [-0.4, -0.2) is 65.1 Å². The SMILES string of the molecule is N#CCSc1ccccc1NC(=O)CN1CCN(C(=O)c2cc3ccccc3[nH]2)CC1. The van der Waals surface area contributed by atoms with Gasteiger partial charge in [-0.3, -0.25) is 14.5 Å². The number of nitrogens with one attached hydrogen (secondary N) is 2. The van der Waals surface area contributed by atoms with Crippen molar-refractivity contribution in [2.75, 3.05) is 43.8 Å². The van der Waals surface area contributed by atoms with E-state index >= 15 is 0 Å². The molecule has 0 saturated carbocycles. The van der Waals surface area contributed by atoms with E-state index < -0.39 is 0 Å². The highest BCUT2D eigenvalue weighted by molar-refractivity contribution is 7.99. The Morgan fingerprint density at radius 1 is 1.06 bits per heavy atom. The van der Waals surface area contributed by atoms with Crippen molar-refractivity contribution in [3.8, 4) is 6.07 Å². The molecule has 2 heterocycles. The lowest BCUT2D eigenvalue weighted by atomic mass is 10.2. The zero-order chi connectivity index (χ0) is 21.6. The van der Waals surface area contributed by atoms with Gasteiger partial charge in [0.25, 0.3) is 5.91 Å². The fourth-order valence-electron chi connectivity index (χ4n) is 3.67. The quantitative estimate of drug-likeness (QED) is 0.583. The van der Waals surface area contributed by atoms with Gasteiger partial charge in [-0.05, 0) is 24.3 Å². The molecule has 0 radical (unpaired) electrons. The van der Waals surface area contributed by atoms with Crippen LogP contribution in [0, 0.1) is 11.3 Å². The highest BCUT2D eigenvalue weighted by Crippen LogP contribution is 2.26. The topological polar surface area (TPSA) is 92.2 Å². The average Bonchev–Trinajstić information content (AvgIpc) is 3.23. The van der Waals surface area contributed by atoms with E-state index in [4.69, 9.17) is 5.26 Å². The molecule has 3 aromatic rings. The number of hydrogen-bond donors (Lipinski definition) is 2. The number of carbonyl (C=O) groups excluding carboxylic acids is 2. The summed E-state index contributed by atoms with van der Waals surface area (Å²) in [6.45, 7) is 2.71. The molecule has 0 atom stereocenters. The van der Waals surface area contributed by atoms with Gasteiger partial charge in [0.2, 0.25) is 5.91 Å². The van der Waals surface area contributed by atoms with Gasteiger partial charge in [0.15, 0.2) is 0 Å². The number of anilines is 1. The van der Waals surface area contributed by atoms with Crippen LogP contribution in [0.4, 0.5) is 5.69 Å². The number of fused-ring (bicyclic) bond motifs is 1. The van der Waals surface area contributed by atoms with E-state index in [9.17, 15) is 9.59 Å². The molecule has 8 heteroatoms. The molecule has 1 aromatic heterocycles. The van der Waals surface area contributed by atoms with E-state index in [0.717, 1.165) is 21.5 Å². The molecule has 0 unspecified atom stereocenters. The van der Waals surface area contributed by atoms with Crippen molar-refractivity contribution in [3.05, 3.63) is 60.3 Å². The molecule has 0 aliphatic carbocycles. The average molecular weight is 434 g/mol. The van der Waals surface area contributed by atoms with Gasteiger partial charge in [-0.2, -0.15) is 5.26 Å². The first-order valence-corrected chi connectivity index (χ1v) is 11.1. The van der Waals surface area contributed by atoms with Crippen LogP contribution in [0.15, 0.2) is 59.5 Å². The fraction of sp³-hybridized carbons (Fsp3) is 0.261. The molecule has 2 N–H and O–H groups in total. The van der Waals surface area contributed by atoms with Crippen molar-refractivity contribution < 1.29 is 9.59 Å². The Hall–Kier alpha value is -3.28.